The van der Waals surface area contributed by atoms with Crippen LogP contribution in [0.2, 0.25) is 5.02 Å². The number of hydrogen-bond donors (Lipinski definition) is 0. The van der Waals surface area contributed by atoms with Crippen LogP contribution in [0.15, 0.2) is 18.2 Å². The van der Waals surface area contributed by atoms with Crippen molar-refractivity contribution < 1.29 is 4.79 Å². The van der Waals surface area contributed by atoms with E-state index in [2.05, 4.69) is 29.5 Å². The summed E-state index contributed by atoms with van der Waals surface area (Å²) in [5.41, 5.74) is 0.777. The van der Waals surface area contributed by atoms with Gasteiger partial charge in [-0.1, -0.05) is 57.0 Å². The van der Waals surface area contributed by atoms with E-state index < -0.39 is 0 Å². The number of unbranched alkanes of at least 4 members (excludes halogenated alkanes) is 6. The van der Waals surface area contributed by atoms with E-state index in [1.165, 1.54) is 32.1 Å². The number of carbonyl (C=O) groups excluding carboxylic acids is 1. The summed E-state index contributed by atoms with van der Waals surface area (Å²) in [4.78, 5) is 12.1. The Balaban J connectivity index is 2.26. The molecule has 0 saturated heterocycles. The molecule has 1 aromatic carbocycles. The van der Waals surface area contributed by atoms with Crippen LogP contribution in [-0.2, 0) is 0 Å². The predicted molar refractivity (Wildman–Crippen MR) is 91.1 cm³/mol. The van der Waals surface area contributed by atoms with E-state index in [1.54, 1.807) is 6.07 Å². The van der Waals surface area contributed by atoms with Crippen molar-refractivity contribution in [3.05, 3.63) is 32.4 Å². The molecule has 0 aliphatic carbocycles. The van der Waals surface area contributed by atoms with Gasteiger partial charge in [-0.2, -0.15) is 0 Å². The maximum Gasteiger partial charge on any atom is 0.163 e. The molecular weight excluding hydrogens is 371 g/mol. The van der Waals surface area contributed by atoms with E-state index in [4.69, 9.17) is 11.6 Å². The second-order valence-corrected chi connectivity index (χ2v) is 6.52. The molecule has 1 nitrogen and oxygen atoms in total. The van der Waals surface area contributed by atoms with Gasteiger partial charge < -0.3 is 0 Å². The van der Waals surface area contributed by atoms with Crippen LogP contribution >= 0.6 is 34.2 Å². The van der Waals surface area contributed by atoms with Gasteiger partial charge in [-0.25, -0.2) is 0 Å². The molecule has 0 heterocycles. The largest absolute Gasteiger partial charge is 0.294 e. The van der Waals surface area contributed by atoms with Gasteiger partial charge in [-0.3, -0.25) is 4.79 Å². The zero-order chi connectivity index (χ0) is 14.1. The molecule has 0 amide bonds. The van der Waals surface area contributed by atoms with Gasteiger partial charge in [0, 0.05) is 20.6 Å². The van der Waals surface area contributed by atoms with Crippen LogP contribution in [0.25, 0.3) is 0 Å². The number of Topliss-reactive ketones (excluding diaryl/α,β-unsaturated/α-hetero) is 1. The van der Waals surface area contributed by atoms with Gasteiger partial charge >= 0.3 is 0 Å². The Labute approximate surface area is 135 Å². The molecule has 0 aliphatic rings. The van der Waals surface area contributed by atoms with Gasteiger partial charge in [0.15, 0.2) is 5.78 Å². The first-order valence-corrected chi connectivity index (χ1v) is 8.59. The Morgan fingerprint density at radius 3 is 2.42 bits per heavy atom. The fourth-order valence-electron chi connectivity index (χ4n) is 2.09. The van der Waals surface area contributed by atoms with E-state index in [1.807, 2.05) is 12.1 Å². The Bertz CT molecular complexity index is 404. The Hall–Kier alpha value is -0.0900. The fourth-order valence-corrected chi connectivity index (χ4v) is 2.90. The summed E-state index contributed by atoms with van der Waals surface area (Å²) in [6.45, 7) is 2.23. The molecule has 0 aliphatic heterocycles. The van der Waals surface area contributed by atoms with Crippen molar-refractivity contribution in [2.24, 2.45) is 0 Å². The molecule has 0 atom stereocenters. The molecule has 0 fully saturated rings. The summed E-state index contributed by atoms with van der Waals surface area (Å²) in [6.07, 6.45) is 9.29. The lowest BCUT2D eigenvalue weighted by Gasteiger charge is -2.05. The fraction of sp³-hybridized carbons (Fsp3) is 0.562. The van der Waals surface area contributed by atoms with E-state index in [-0.39, 0.29) is 5.78 Å². The van der Waals surface area contributed by atoms with Gasteiger partial charge in [0.05, 0.1) is 0 Å². The normalized spacial score (nSPS) is 10.7. The van der Waals surface area contributed by atoms with E-state index >= 15 is 0 Å². The highest BCUT2D eigenvalue weighted by atomic mass is 127. The summed E-state index contributed by atoms with van der Waals surface area (Å²) in [5.74, 6) is 0.223. The lowest BCUT2D eigenvalue weighted by Crippen LogP contribution is -2.01. The second-order valence-electron chi connectivity index (χ2n) is 4.92. The first-order valence-electron chi connectivity index (χ1n) is 7.13. The van der Waals surface area contributed by atoms with Gasteiger partial charge in [-0.05, 0) is 47.2 Å². The molecular formula is C16H22ClIO. The van der Waals surface area contributed by atoms with Crippen molar-refractivity contribution in [3.63, 3.8) is 0 Å². The molecule has 19 heavy (non-hydrogen) atoms. The summed E-state index contributed by atoms with van der Waals surface area (Å²) >= 11 is 8.13. The number of ketones is 1. The number of hydrogen-bond acceptors (Lipinski definition) is 1. The number of benzene rings is 1. The van der Waals surface area contributed by atoms with Crippen LogP contribution in [0, 0.1) is 3.57 Å². The molecule has 0 spiro atoms. The SMILES string of the molecule is CCCCCCCCCC(=O)c1cc(Cl)ccc1I. The number of halogens is 2. The summed E-state index contributed by atoms with van der Waals surface area (Å²) in [5, 5.41) is 0.642. The average Bonchev–Trinajstić information content (AvgIpc) is 2.40. The highest BCUT2D eigenvalue weighted by Crippen LogP contribution is 2.20. The summed E-state index contributed by atoms with van der Waals surface area (Å²) in [6, 6.07) is 5.52. The number of carbonyl (C=O) groups is 1. The van der Waals surface area contributed by atoms with Crippen LogP contribution in [0.4, 0.5) is 0 Å². The Morgan fingerprint density at radius 2 is 1.74 bits per heavy atom. The van der Waals surface area contributed by atoms with E-state index in [0.29, 0.717) is 11.4 Å². The van der Waals surface area contributed by atoms with Crippen LogP contribution in [0.3, 0.4) is 0 Å². The molecule has 0 unspecified atom stereocenters. The third kappa shape index (κ3) is 6.75. The van der Waals surface area contributed by atoms with Crippen molar-refractivity contribution in [3.8, 4) is 0 Å². The van der Waals surface area contributed by atoms with Crippen molar-refractivity contribution in [2.75, 3.05) is 0 Å². The van der Waals surface area contributed by atoms with Gasteiger partial charge in [0.25, 0.3) is 0 Å². The third-order valence-electron chi connectivity index (χ3n) is 3.24. The minimum absolute atomic E-state index is 0.223. The maximum atomic E-state index is 12.1. The Morgan fingerprint density at radius 1 is 1.11 bits per heavy atom. The molecule has 106 valence electrons. The lowest BCUT2D eigenvalue weighted by molar-refractivity contribution is 0.0978. The van der Waals surface area contributed by atoms with E-state index in [0.717, 1.165) is 22.0 Å². The van der Waals surface area contributed by atoms with Crippen LogP contribution in [-0.4, -0.2) is 5.78 Å². The van der Waals surface area contributed by atoms with Crippen LogP contribution in [0.1, 0.15) is 68.6 Å². The maximum absolute atomic E-state index is 12.1. The van der Waals surface area contributed by atoms with Crippen molar-refractivity contribution in [1.29, 1.82) is 0 Å². The second kappa shape index (κ2) is 9.76. The van der Waals surface area contributed by atoms with Gasteiger partial charge in [0.1, 0.15) is 0 Å². The quantitative estimate of drug-likeness (QED) is 0.275. The monoisotopic (exact) mass is 392 g/mol. The van der Waals surface area contributed by atoms with Crippen molar-refractivity contribution >= 4 is 40.0 Å². The molecule has 1 aromatic rings. The molecule has 0 saturated carbocycles. The van der Waals surface area contributed by atoms with Crippen molar-refractivity contribution in [2.45, 2.75) is 58.3 Å². The first kappa shape index (κ1) is 17.0. The summed E-state index contributed by atoms with van der Waals surface area (Å²) < 4.78 is 0.995. The summed E-state index contributed by atoms with van der Waals surface area (Å²) in [7, 11) is 0. The zero-order valence-corrected chi connectivity index (χ0v) is 14.5. The molecule has 1 rings (SSSR count). The lowest BCUT2D eigenvalue weighted by atomic mass is 10.0. The first-order chi connectivity index (χ1) is 9.15. The minimum atomic E-state index is 0.223. The standard InChI is InChI=1S/C16H22ClIO/c1-2-3-4-5-6-7-8-9-16(19)14-12-13(17)10-11-15(14)18/h10-12H,2-9H2,1H3. The predicted octanol–water partition coefficient (Wildman–Crippen LogP) is 6.27. The third-order valence-corrected chi connectivity index (χ3v) is 4.41. The molecule has 0 aromatic heterocycles. The topological polar surface area (TPSA) is 17.1 Å². The highest BCUT2D eigenvalue weighted by Gasteiger charge is 2.10. The molecule has 0 bridgehead atoms. The number of rotatable bonds is 9. The average molecular weight is 393 g/mol. The van der Waals surface area contributed by atoms with Crippen LogP contribution in [0.5, 0.6) is 0 Å². The zero-order valence-electron chi connectivity index (χ0n) is 11.6. The van der Waals surface area contributed by atoms with Gasteiger partial charge in [-0.15, -0.1) is 0 Å². The highest BCUT2D eigenvalue weighted by molar-refractivity contribution is 14.1. The Kier molecular flexibility index (Phi) is 8.71. The minimum Gasteiger partial charge on any atom is -0.294 e. The smallest absolute Gasteiger partial charge is 0.163 e. The molecule has 3 heteroatoms. The van der Waals surface area contributed by atoms with E-state index in [9.17, 15) is 4.79 Å². The van der Waals surface area contributed by atoms with Crippen molar-refractivity contribution in [1.82, 2.24) is 0 Å². The van der Waals surface area contributed by atoms with Crippen LogP contribution < -0.4 is 0 Å². The molecule has 0 radical (unpaired) electrons. The molecule has 0 N–H and O–H groups in total. The van der Waals surface area contributed by atoms with Gasteiger partial charge in [0.2, 0.25) is 0 Å².